The molecule has 1 aliphatic heterocycles. The number of carbonyl (C=O) groups is 1. The molecule has 3 aliphatic rings. The van der Waals surface area contributed by atoms with Crippen molar-refractivity contribution < 1.29 is 37.4 Å². The predicted molar refractivity (Wildman–Crippen MR) is 140 cm³/mol. The number of hydrogen-bond donors (Lipinski definition) is 3. The lowest BCUT2D eigenvalue weighted by atomic mass is 9.55. The monoisotopic (exact) mass is 545 g/mol. The molecule has 39 heavy (non-hydrogen) atoms. The molecule has 1 amide bonds. The molecular weight excluding hydrogens is 509 g/mol. The Balaban J connectivity index is 1.53. The standard InChI is InChI=1S/C30H35F3N2O4/c1-35(19-22-12-13-22)20-29(38)15-6-5-14-28(29,23-10-7-11-24(36)17-23)18-26(35)34-27(37)25(39-30(31,32)33)16-21-8-3-2-4-9-21/h2-4,7-11,16-17,22,26,38H,5-6,12-15,18-20H2,1H3,(H-,34,36,37)/p+1/t26-,28?,29?,35+/m0/s1. The number of quaternary nitrogens is 1. The summed E-state index contributed by atoms with van der Waals surface area (Å²) in [5.74, 6) is -1.25. The number of fused-ring (bicyclic) bond motifs is 1. The Hall–Kier alpha value is -3.04. The maximum Gasteiger partial charge on any atom is 0.573 e. The van der Waals surface area contributed by atoms with Gasteiger partial charge in [-0.1, -0.05) is 55.3 Å². The number of piperidine rings is 1. The number of rotatable bonds is 7. The number of phenolic OH excluding ortho intramolecular Hbond substituents is 1. The van der Waals surface area contributed by atoms with E-state index in [4.69, 9.17) is 0 Å². The molecular formula is C30H36F3N2O4+. The van der Waals surface area contributed by atoms with Crippen molar-refractivity contribution in [2.24, 2.45) is 5.92 Å². The van der Waals surface area contributed by atoms with Crippen molar-refractivity contribution in [1.82, 2.24) is 5.32 Å². The van der Waals surface area contributed by atoms with Crippen LogP contribution in [0.15, 0.2) is 60.4 Å². The number of likely N-dealkylation sites (tertiary alicyclic amines) is 1. The smallest absolute Gasteiger partial charge is 0.508 e. The highest BCUT2D eigenvalue weighted by Crippen LogP contribution is 2.55. The first-order chi connectivity index (χ1) is 18.4. The van der Waals surface area contributed by atoms with E-state index in [9.17, 15) is 28.2 Å². The molecule has 3 fully saturated rings. The SMILES string of the molecule is C[N@@+]1(CC2CC2)CC2(O)CCCCC2(c2cccc(O)c2)C[C@H]1NC(=O)C(=Cc1ccccc1)OC(F)(F)F. The van der Waals surface area contributed by atoms with E-state index in [2.05, 4.69) is 10.1 Å². The number of halogens is 3. The van der Waals surface area contributed by atoms with Gasteiger partial charge in [-0.15, -0.1) is 13.2 Å². The van der Waals surface area contributed by atoms with Crippen LogP contribution in [0.3, 0.4) is 0 Å². The van der Waals surface area contributed by atoms with Gasteiger partial charge < -0.3 is 19.4 Å². The summed E-state index contributed by atoms with van der Waals surface area (Å²) in [6.07, 6.45) is 0.876. The van der Waals surface area contributed by atoms with Gasteiger partial charge in [-0.25, -0.2) is 0 Å². The Labute approximate surface area is 226 Å². The first kappa shape index (κ1) is 27.5. The number of aromatic hydroxyl groups is 1. The van der Waals surface area contributed by atoms with Crippen molar-refractivity contribution in [3.8, 4) is 5.75 Å². The quantitative estimate of drug-likeness (QED) is 0.254. The topological polar surface area (TPSA) is 78.8 Å². The van der Waals surface area contributed by atoms with E-state index in [1.54, 1.807) is 48.5 Å². The molecule has 210 valence electrons. The van der Waals surface area contributed by atoms with Gasteiger partial charge in [0.05, 0.1) is 13.6 Å². The fourth-order valence-electron chi connectivity index (χ4n) is 6.91. The van der Waals surface area contributed by atoms with Crippen molar-refractivity contribution in [2.75, 3.05) is 20.1 Å². The summed E-state index contributed by atoms with van der Waals surface area (Å²) >= 11 is 0. The predicted octanol–water partition coefficient (Wildman–Crippen LogP) is 5.22. The maximum absolute atomic E-state index is 13.5. The van der Waals surface area contributed by atoms with Crippen LogP contribution in [-0.4, -0.2) is 58.9 Å². The van der Waals surface area contributed by atoms with Crippen LogP contribution < -0.4 is 5.32 Å². The largest absolute Gasteiger partial charge is 0.573 e. The molecule has 0 radical (unpaired) electrons. The average Bonchev–Trinajstić information content (AvgIpc) is 3.67. The molecule has 0 bridgehead atoms. The van der Waals surface area contributed by atoms with E-state index in [1.165, 1.54) is 0 Å². The van der Waals surface area contributed by atoms with Crippen molar-refractivity contribution in [3.63, 3.8) is 0 Å². The van der Waals surface area contributed by atoms with Gasteiger partial charge in [0, 0.05) is 17.8 Å². The molecule has 2 aliphatic carbocycles. The molecule has 1 saturated heterocycles. The van der Waals surface area contributed by atoms with Crippen LogP contribution in [0.1, 0.15) is 56.1 Å². The molecule has 2 saturated carbocycles. The van der Waals surface area contributed by atoms with Crippen LogP contribution in [0.2, 0.25) is 0 Å². The van der Waals surface area contributed by atoms with Gasteiger partial charge in [-0.3, -0.25) is 10.1 Å². The molecule has 9 heteroatoms. The number of carbonyl (C=O) groups excluding carboxylic acids is 1. The minimum Gasteiger partial charge on any atom is -0.508 e. The van der Waals surface area contributed by atoms with Crippen molar-refractivity contribution in [3.05, 3.63) is 71.5 Å². The van der Waals surface area contributed by atoms with Crippen LogP contribution in [0, 0.1) is 5.92 Å². The molecule has 0 aromatic heterocycles. The van der Waals surface area contributed by atoms with Crippen molar-refractivity contribution >= 4 is 12.0 Å². The zero-order valence-corrected chi connectivity index (χ0v) is 22.1. The lowest BCUT2D eigenvalue weighted by Gasteiger charge is -2.61. The van der Waals surface area contributed by atoms with E-state index in [0.29, 0.717) is 48.3 Å². The van der Waals surface area contributed by atoms with Crippen LogP contribution in [-0.2, 0) is 14.9 Å². The van der Waals surface area contributed by atoms with E-state index in [1.807, 2.05) is 13.1 Å². The Morgan fingerprint density at radius 3 is 2.51 bits per heavy atom. The number of hydrogen-bond acceptors (Lipinski definition) is 4. The number of alkyl halides is 3. The van der Waals surface area contributed by atoms with E-state index in [-0.39, 0.29) is 5.75 Å². The number of nitrogens with zero attached hydrogens (tertiary/aromatic N) is 1. The number of amides is 1. The minimum atomic E-state index is -5.04. The van der Waals surface area contributed by atoms with Gasteiger partial charge in [0.1, 0.15) is 17.9 Å². The Bertz CT molecular complexity index is 1230. The first-order valence-electron chi connectivity index (χ1n) is 13.6. The Morgan fingerprint density at radius 2 is 1.85 bits per heavy atom. The molecule has 2 aromatic carbocycles. The number of nitrogens with one attached hydrogen (secondary N) is 1. The number of likely N-dealkylation sites (N-methyl/N-ethyl adjacent to an activating group) is 1. The third kappa shape index (κ3) is 5.79. The second-order valence-corrected chi connectivity index (χ2v) is 11.8. The molecule has 6 nitrogen and oxygen atoms in total. The molecule has 2 unspecified atom stereocenters. The summed E-state index contributed by atoms with van der Waals surface area (Å²) in [6.45, 7) is 1.06. The van der Waals surface area contributed by atoms with Crippen LogP contribution in [0.5, 0.6) is 5.75 Å². The number of phenols is 1. The second kappa shape index (κ2) is 10.2. The fraction of sp³-hybridized carbons (Fsp3) is 0.500. The fourth-order valence-corrected chi connectivity index (χ4v) is 6.91. The third-order valence-electron chi connectivity index (χ3n) is 8.87. The number of benzene rings is 2. The summed E-state index contributed by atoms with van der Waals surface area (Å²) in [5.41, 5.74) is -0.663. The lowest BCUT2D eigenvalue weighted by molar-refractivity contribution is -0.951. The number of ether oxygens (including phenoxy) is 1. The molecule has 3 N–H and O–H groups in total. The Kier molecular flexibility index (Phi) is 7.18. The highest BCUT2D eigenvalue weighted by molar-refractivity contribution is 5.96. The minimum absolute atomic E-state index is 0.0860. The molecule has 4 atom stereocenters. The Morgan fingerprint density at radius 1 is 1.13 bits per heavy atom. The summed E-state index contributed by atoms with van der Waals surface area (Å²) in [4.78, 5) is 13.5. The van der Waals surface area contributed by atoms with Crippen molar-refractivity contribution in [2.45, 2.75) is 68.5 Å². The summed E-state index contributed by atoms with van der Waals surface area (Å²) in [6, 6.07) is 15.1. The first-order valence-corrected chi connectivity index (χ1v) is 13.6. The van der Waals surface area contributed by atoms with Gasteiger partial charge >= 0.3 is 6.36 Å². The van der Waals surface area contributed by atoms with E-state index >= 15 is 0 Å². The molecule has 0 spiro atoms. The molecule has 5 rings (SSSR count). The third-order valence-corrected chi connectivity index (χ3v) is 8.87. The van der Waals surface area contributed by atoms with Crippen molar-refractivity contribution in [1.29, 1.82) is 0 Å². The van der Waals surface area contributed by atoms with Gasteiger partial charge in [-0.05, 0) is 55.0 Å². The highest BCUT2D eigenvalue weighted by atomic mass is 19.4. The van der Waals surface area contributed by atoms with E-state index < -0.39 is 35.2 Å². The van der Waals surface area contributed by atoms with Gasteiger partial charge in [-0.2, -0.15) is 0 Å². The van der Waals surface area contributed by atoms with Crippen LogP contribution in [0.4, 0.5) is 13.2 Å². The molecule has 2 aromatic rings. The van der Waals surface area contributed by atoms with Crippen LogP contribution in [0.25, 0.3) is 6.08 Å². The normalized spacial score (nSPS) is 31.3. The average molecular weight is 546 g/mol. The van der Waals surface area contributed by atoms with Crippen LogP contribution >= 0.6 is 0 Å². The number of aliphatic hydroxyl groups is 1. The summed E-state index contributed by atoms with van der Waals surface area (Å²) in [5, 5.41) is 25.5. The summed E-state index contributed by atoms with van der Waals surface area (Å²) in [7, 11) is 1.98. The zero-order valence-electron chi connectivity index (χ0n) is 22.1. The van der Waals surface area contributed by atoms with Gasteiger partial charge in [0.15, 0.2) is 11.9 Å². The lowest BCUT2D eigenvalue weighted by Crippen LogP contribution is -2.76. The van der Waals surface area contributed by atoms with Gasteiger partial charge in [0.25, 0.3) is 5.91 Å². The van der Waals surface area contributed by atoms with E-state index in [0.717, 1.165) is 37.3 Å². The summed E-state index contributed by atoms with van der Waals surface area (Å²) < 4.78 is 44.6. The van der Waals surface area contributed by atoms with Gasteiger partial charge in [0.2, 0.25) is 0 Å². The maximum atomic E-state index is 13.5. The highest BCUT2D eigenvalue weighted by Gasteiger charge is 2.64. The second-order valence-electron chi connectivity index (χ2n) is 11.8. The molecule has 1 heterocycles. The zero-order chi connectivity index (χ0) is 27.9.